The lowest BCUT2D eigenvalue weighted by molar-refractivity contribution is 0.102. The lowest BCUT2D eigenvalue weighted by Gasteiger charge is -2.13. The zero-order valence-corrected chi connectivity index (χ0v) is 18.3. The van der Waals surface area contributed by atoms with Crippen molar-refractivity contribution in [1.82, 2.24) is 0 Å². The number of amides is 1. The van der Waals surface area contributed by atoms with Gasteiger partial charge in [-0.15, -0.1) is 0 Å². The minimum Gasteiger partial charge on any atom is -0.495 e. The number of ether oxygens (including phenoxy) is 2. The minimum atomic E-state index is -3.98. The topological polar surface area (TPSA) is 93.7 Å². The molecule has 0 radical (unpaired) electrons. The first-order valence-corrected chi connectivity index (χ1v) is 11.1. The molecule has 0 aliphatic heterocycles. The van der Waals surface area contributed by atoms with Crippen molar-refractivity contribution in [3.8, 4) is 11.5 Å². The second-order valence-electron chi connectivity index (χ2n) is 6.75. The number of anilines is 2. The Kier molecular flexibility index (Phi) is 6.81. The van der Waals surface area contributed by atoms with Gasteiger partial charge in [-0.3, -0.25) is 9.52 Å². The number of rotatable bonds is 8. The van der Waals surface area contributed by atoms with E-state index < -0.39 is 15.9 Å². The fourth-order valence-electron chi connectivity index (χ4n) is 2.86. The van der Waals surface area contributed by atoms with Crippen LogP contribution in [-0.4, -0.2) is 28.0 Å². The Hall–Kier alpha value is -3.52. The van der Waals surface area contributed by atoms with Crippen LogP contribution in [0.25, 0.3) is 0 Å². The molecule has 0 spiro atoms. The van der Waals surface area contributed by atoms with E-state index in [0.29, 0.717) is 23.7 Å². The van der Waals surface area contributed by atoms with Crippen LogP contribution in [0.15, 0.2) is 71.6 Å². The summed E-state index contributed by atoms with van der Waals surface area (Å²) in [6, 6.07) is 18.1. The zero-order valence-electron chi connectivity index (χ0n) is 17.5. The average Bonchev–Trinajstić information content (AvgIpc) is 2.76. The van der Waals surface area contributed by atoms with E-state index in [-0.39, 0.29) is 16.2 Å². The van der Waals surface area contributed by atoms with Crippen LogP contribution in [0.4, 0.5) is 11.4 Å². The predicted octanol–water partition coefficient (Wildman–Crippen LogP) is 4.46. The lowest BCUT2D eigenvalue weighted by Crippen LogP contribution is -2.17. The first-order valence-electron chi connectivity index (χ1n) is 9.64. The monoisotopic (exact) mass is 440 g/mol. The molecule has 0 saturated carbocycles. The Morgan fingerprint density at radius 1 is 0.935 bits per heavy atom. The van der Waals surface area contributed by atoms with Gasteiger partial charge in [-0.1, -0.05) is 17.7 Å². The maximum absolute atomic E-state index is 13.0. The molecule has 2 N–H and O–H groups in total. The van der Waals surface area contributed by atoms with Crippen LogP contribution < -0.4 is 19.5 Å². The number of sulfonamides is 1. The summed E-state index contributed by atoms with van der Waals surface area (Å²) in [6.07, 6.45) is 0. The van der Waals surface area contributed by atoms with Gasteiger partial charge in [-0.25, -0.2) is 8.42 Å². The molecule has 7 nitrogen and oxygen atoms in total. The molecule has 3 aromatic carbocycles. The van der Waals surface area contributed by atoms with E-state index in [0.717, 1.165) is 5.56 Å². The van der Waals surface area contributed by atoms with E-state index in [4.69, 9.17) is 9.47 Å². The van der Waals surface area contributed by atoms with Gasteiger partial charge in [-0.05, 0) is 68.4 Å². The first kappa shape index (κ1) is 22.2. The standard InChI is InChI=1S/C23H24N2O5S/c1-4-30-20-12-10-18(11-13-20)24-23(26)17-7-14-21(29-3)22(15-17)31(27,28)25-19-8-5-16(2)6-9-19/h5-15,25H,4H2,1-3H3,(H,24,26). The molecule has 0 aliphatic carbocycles. The summed E-state index contributed by atoms with van der Waals surface area (Å²) in [6.45, 7) is 4.35. The molecule has 3 rings (SSSR count). The van der Waals surface area contributed by atoms with Crippen LogP contribution >= 0.6 is 0 Å². The fraction of sp³-hybridized carbons (Fsp3) is 0.174. The molecule has 31 heavy (non-hydrogen) atoms. The van der Waals surface area contributed by atoms with Crippen LogP contribution in [0, 0.1) is 6.92 Å². The lowest BCUT2D eigenvalue weighted by atomic mass is 10.2. The number of nitrogens with one attached hydrogen (secondary N) is 2. The first-order chi connectivity index (χ1) is 14.8. The van der Waals surface area contributed by atoms with E-state index in [2.05, 4.69) is 10.0 Å². The third-order valence-corrected chi connectivity index (χ3v) is 5.84. The summed E-state index contributed by atoms with van der Waals surface area (Å²) < 4.78 is 39.0. The summed E-state index contributed by atoms with van der Waals surface area (Å²) in [5.74, 6) is 0.385. The van der Waals surface area contributed by atoms with Crippen LogP contribution in [0.2, 0.25) is 0 Å². The van der Waals surface area contributed by atoms with Crippen molar-refractivity contribution >= 4 is 27.3 Å². The SMILES string of the molecule is CCOc1ccc(NC(=O)c2ccc(OC)c(S(=O)(=O)Nc3ccc(C)cc3)c2)cc1. The summed E-state index contributed by atoms with van der Waals surface area (Å²) in [7, 11) is -2.61. The molecule has 0 unspecified atom stereocenters. The van der Waals surface area contributed by atoms with E-state index in [1.165, 1.54) is 25.3 Å². The molecule has 0 aliphatic rings. The second-order valence-corrected chi connectivity index (χ2v) is 8.40. The average molecular weight is 441 g/mol. The highest BCUT2D eigenvalue weighted by atomic mass is 32.2. The van der Waals surface area contributed by atoms with Crippen LogP contribution in [0.5, 0.6) is 11.5 Å². The van der Waals surface area contributed by atoms with Crippen molar-refractivity contribution in [2.75, 3.05) is 23.8 Å². The summed E-state index contributed by atoms with van der Waals surface area (Å²) in [4.78, 5) is 12.6. The van der Waals surface area contributed by atoms with Crippen molar-refractivity contribution in [3.05, 3.63) is 77.9 Å². The van der Waals surface area contributed by atoms with Crippen molar-refractivity contribution in [2.24, 2.45) is 0 Å². The molecule has 162 valence electrons. The molecule has 8 heteroatoms. The van der Waals surface area contributed by atoms with Gasteiger partial charge in [0.05, 0.1) is 13.7 Å². The summed E-state index contributed by atoms with van der Waals surface area (Å²) >= 11 is 0. The van der Waals surface area contributed by atoms with Gasteiger partial charge in [-0.2, -0.15) is 0 Å². The van der Waals surface area contributed by atoms with Gasteiger partial charge in [0.2, 0.25) is 0 Å². The molecule has 0 heterocycles. The van der Waals surface area contributed by atoms with Gasteiger partial charge >= 0.3 is 0 Å². The number of hydrogen-bond donors (Lipinski definition) is 2. The Bertz CT molecular complexity index is 1160. The van der Waals surface area contributed by atoms with Gasteiger partial charge in [0.15, 0.2) is 0 Å². The maximum atomic E-state index is 13.0. The highest BCUT2D eigenvalue weighted by Gasteiger charge is 2.22. The molecular formula is C23H24N2O5S. The smallest absolute Gasteiger partial charge is 0.265 e. The largest absolute Gasteiger partial charge is 0.495 e. The zero-order chi connectivity index (χ0) is 22.4. The van der Waals surface area contributed by atoms with E-state index >= 15 is 0 Å². The van der Waals surface area contributed by atoms with Gasteiger partial charge < -0.3 is 14.8 Å². The van der Waals surface area contributed by atoms with Crippen molar-refractivity contribution in [1.29, 1.82) is 0 Å². The molecule has 3 aromatic rings. The van der Waals surface area contributed by atoms with Crippen molar-refractivity contribution < 1.29 is 22.7 Å². The van der Waals surface area contributed by atoms with Crippen molar-refractivity contribution in [2.45, 2.75) is 18.7 Å². The quantitative estimate of drug-likeness (QED) is 0.540. The Labute approximate surface area is 182 Å². The van der Waals surface area contributed by atoms with Crippen LogP contribution in [-0.2, 0) is 10.0 Å². The van der Waals surface area contributed by atoms with E-state index in [9.17, 15) is 13.2 Å². The second kappa shape index (κ2) is 9.53. The number of hydrogen-bond acceptors (Lipinski definition) is 5. The number of carbonyl (C=O) groups excluding carboxylic acids is 1. The van der Waals surface area contributed by atoms with Crippen molar-refractivity contribution in [3.63, 3.8) is 0 Å². The molecule has 0 bridgehead atoms. The summed E-state index contributed by atoms with van der Waals surface area (Å²) in [5, 5.41) is 2.75. The molecule has 0 atom stereocenters. The maximum Gasteiger partial charge on any atom is 0.265 e. The number of methoxy groups -OCH3 is 1. The third-order valence-electron chi connectivity index (χ3n) is 4.44. The highest BCUT2D eigenvalue weighted by molar-refractivity contribution is 7.92. The Balaban J connectivity index is 1.85. The minimum absolute atomic E-state index is 0.130. The normalized spacial score (nSPS) is 10.9. The fourth-order valence-corrected chi connectivity index (χ4v) is 4.12. The highest BCUT2D eigenvalue weighted by Crippen LogP contribution is 2.27. The number of carbonyl (C=O) groups is 1. The number of benzene rings is 3. The Morgan fingerprint density at radius 2 is 1.58 bits per heavy atom. The molecular weight excluding hydrogens is 416 g/mol. The molecule has 0 aromatic heterocycles. The van der Waals surface area contributed by atoms with Gasteiger partial charge in [0.1, 0.15) is 16.4 Å². The van der Waals surface area contributed by atoms with Gasteiger partial charge in [0.25, 0.3) is 15.9 Å². The third kappa shape index (κ3) is 5.55. The van der Waals surface area contributed by atoms with E-state index in [1.54, 1.807) is 48.5 Å². The number of aryl methyl sites for hydroxylation is 1. The molecule has 1 amide bonds. The van der Waals surface area contributed by atoms with Gasteiger partial charge in [0, 0.05) is 16.9 Å². The molecule has 0 fully saturated rings. The van der Waals surface area contributed by atoms with Crippen LogP contribution in [0.3, 0.4) is 0 Å². The van der Waals surface area contributed by atoms with Crippen LogP contribution in [0.1, 0.15) is 22.8 Å². The predicted molar refractivity (Wildman–Crippen MR) is 121 cm³/mol. The summed E-state index contributed by atoms with van der Waals surface area (Å²) in [5.41, 5.74) is 2.16. The molecule has 0 saturated heterocycles. The van der Waals surface area contributed by atoms with E-state index in [1.807, 2.05) is 13.8 Å². The Morgan fingerprint density at radius 3 is 2.19 bits per heavy atom.